The Morgan fingerprint density at radius 3 is 0.933 bits per heavy atom. The molecule has 0 rings (SSSR count). The molecule has 0 amide bonds. The molecule has 0 heteroatoms. The first kappa shape index (κ1) is 29.7. The lowest BCUT2D eigenvalue weighted by Crippen LogP contribution is -1.84. The Labute approximate surface area is 193 Å². The molecule has 30 heavy (non-hydrogen) atoms. The number of unbranched alkanes of at least 4 members (excludes halogenated alkanes) is 24. The van der Waals surface area contributed by atoms with Crippen molar-refractivity contribution in [3.8, 4) is 0 Å². The Morgan fingerprint density at radius 1 is 0.367 bits per heavy atom. The maximum absolute atomic E-state index is 3.87. The topological polar surface area (TPSA) is 0 Å². The van der Waals surface area contributed by atoms with E-state index < -0.39 is 0 Å². The fourth-order valence-corrected chi connectivity index (χ4v) is 4.40. The van der Waals surface area contributed by atoms with Gasteiger partial charge in [-0.15, -0.1) is 0 Å². The molecular formula is C30H59. The Hall–Kier alpha value is -0.260. The molecule has 0 aromatic heterocycles. The van der Waals surface area contributed by atoms with Gasteiger partial charge in [-0.3, -0.25) is 0 Å². The van der Waals surface area contributed by atoms with Gasteiger partial charge >= 0.3 is 0 Å². The second kappa shape index (κ2) is 28.7. The highest BCUT2D eigenvalue weighted by molar-refractivity contribution is 4.81. The van der Waals surface area contributed by atoms with Crippen LogP contribution in [0.15, 0.2) is 12.2 Å². The van der Waals surface area contributed by atoms with Gasteiger partial charge in [0.15, 0.2) is 0 Å². The van der Waals surface area contributed by atoms with Crippen LogP contribution in [0.5, 0.6) is 0 Å². The summed E-state index contributed by atoms with van der Waals surface area (Å²) in [6, 6.07) is 0. The molecule has 0 spiro atoms. The minimum atomic E-state index is 1.04. The van der Waals surface area contributed by atoms with Crippen molar-refractivity contribution in [2.45, 2.75) is 174 Å². The minimum absolute atomic E-state index is 1.04. The van der Waals surface area contributed by atoms with Crippen molar-refractivity contribution < 1.29 is 0 Å². The van der Waals surface area contributed by atoms with Gasteiger partial charge in [-0.1, -0.05) is 167 Å². The summed E-state index contributed by atoms with van der Waals surface area (Å²) in [7, 11) is 0. The van der Waals surface area contributed by atoms with E-state index in [1.54, 1.807) is 0 Å². The van der Waals surface area contributed by atoms with Crippen molar-refractivity contribution >= 4 is 0 Å². The van der Waals surface area contributed by atoms with Gasteiger partial charge < -0.3 is 0 Å². The van der Waals surface area contributed by atoms with Crippen LogP contribution in [-0.2, 0) is 0 Å². The van der Waals surface area contributed by atoms with Crippen LogP contribution in [0, 0.1) is 6.92 Å². The zero-order valence-corrected chi connectivity index (χ0v) is 21.2. The van der Waals surface area contributed by atoms with Crippen molar-refractivity contribution in [2.24, 2.45) is 0 Å². The van der Waals surface area contributed by atoms with Crippen molar-refractivity contribution in [1.82, 2.24) is 0 Å². The standard InChI is InChI=1S/C30H59/c1-3-5-7-9-11-13-15-17-19-21-23-25-27-29-30-28-26-24-22-20-18-16-14-12-10-8-6-4-2/h7,9H,1,3-6,8,10-30H2,2H3. The first-order valence-corrected chi connectivity index (χ1v) is 14.4. The van der Waals surface area contributed by atoms with Gasteiger partial charge in [-0.2, -0.15) is 0 Å². The van der Waals surface area contributed by atoms with Crippen LogP contribution in [0.1, 0.15) is 174 Å². The van der Waals surface area contributed by atoms with Crippen LogP contribution in [-0.4, -0.2) is 0 Å². The quantitative estimate of drug-likeness (QED) is 0.0965. The fourth-order valence-electron chi connectivity index (χ4n) is 4.40. The predicted octanol–water partition coefficient (Wildman–Crippen LogP) is 11.5. The summed E-state index contributed by atoms with van der Waals surface area (Å²) in [6.07, 6.45) is 41.8. The third-order valence-electron chi connectivity index (χ3n) is 6.51. The Kier molecular flexibility index (Phi) is 28.5. The first-order valence-electron chi connectivity index (χ1n) is 14.4. The largest absolute Gasteiger partial charge is 0.0885 e. The Morgan fingerprint density at radius 2 is 0.633 bits per heavy atom. The van der Waals surface area contributed by atoms with Crippen LogP contribution in [0.2, 0.25) is 0 Å². The highest BCUT2D eigenvalue weighted by atomic mass is 14.0. The molecule has 0 aliphatic rings. The molecule has 1 radical (unpaired) electrons. The van der Waals surface area contributed by atoms with Crippen LogP contribution in [0.3, 0.4) is 0 Å². The molecule has 0 aromatic carbocycles. The lowest BCUT2D eigenvalue weighted by atomic mass is 10.0. The third-order valence-corrected chi connectivity index (χ3v) is 6.51. The lowest BCUT2D eigenvalue weighted by Gasteiger charge is -2.04. The number of rotatable bonds is 26. The average molecular weight is 420 g/mol. The van der Waals surface area contributed by atoms with Gasteiger partial charge in [0, 0.05) is 0 Å². The molecule has 0 unspecified atom stereocenters. The Balaban J connectivity index is 3.00. The SMILES string of the molecule is [CH2]CCC=CCCCCCCCCCCCCCCCCCCCCCCCCC. The molecule has 0 nitrogen and oxygen atoms in total. The van der Waals surface area contributed by atoms with Crippen molar-refractivity contribution in [3.05, 3.63) is 19.1 Å². The van der Waals surface area contributed by atoms with E-state index in [1.165, 1.54) is 154 Å². The number of hydrogen-bond donors (Lipinski definition) is 0. The van der Waals surface area contributed by atoms with E-state index >= 15 is 0 Å². The lowest BCUT2D eigenvalue weighted by molar-refractivity contribution is 0.518. The maximum atomic E-state index is 3.87. The molecule has 0 saturated heterocycles. The number of hydrogen-bond acceptors (Lipinski definition) is 0. The molecular weight excluding hydrogens is 360 g/mol. The van der Waals surface area contributed by atoms with Crippen molar-refractivity contribution in [2.75, 3.05) is 0 Å². The van der Waals surface area contributed by atoms with E-state index in [1.807, 2.05) is 0 Å². The summed E-state index contributed by atoms with van der Waals surface area (Å²) in [5.41, 5.74) is 0. The second-order valence-corrected chi connectivity index (χ2v) is 9.68. The average Bonchev–Trinajstić information content (AvgIpc) is 2.76. The zero-order chi connectivity index (χ0) is 21.8. The molecule has 0 bridgehead atoms. The molecule has 0 heterocycles. The Bertz CT molecular complexity index is 303. The summed E-state index contributed by atoms with van der Waals surface area (Å²) in [5, 5.41) is 0. The molecule has 0 aliphatic carbocycles. The van der Waals surface area contributed by atoms with E-state index in [9.17, 15) is 0 Å². The predicted molar refractivity (Wildman–Crippen MR) is 140 cm³/mol. The summed E-state index contributed by atoms with van der Waals surface area (Å²) in [6.45, 7) is 6.17. The summed E-state index contributed by atoms with van der Waals surface area (Å²) < 4.78 is 0. The highest BCUT2D eigenvalue weighted by Crippen LogP contribution is 2.15. The van der Waals surface area contributed by atoms with Gasteiger partial charge in [0.1, 0.15) is 0 Å². The monoisotopic (exact) mass is 419 g/mol. The summed E-state index contributed by atoms with van der Waals surface area (Å²) in [4.78, 5) is 0. The molecule has 0 aromatic rings. The van der Waals surface area contributed by atoms with Gasteiger partial charge in [0.2, 0.25) is 0 Å². The first-order chi connectivity index (χ1) is 14.9. The highest BCUT2D eigenvalue weighted by Gasteiger charge is 1.95. The van der Waals surface area contributed by atoms with Crippen LogP contribution in [0.4, 0.5) is 0 Å². The smallest absolute Gasteiger partial charge is 0.0351 e. The summed E-state index contributed by atoms with van der Waals surface area (Å²) in [5.74, 6) is 0. The van der Waals surface area contributed by atoms with Crippen molar-refractivity contribution in [3.63, 3.8) is 0 Å². The second-order valence-electron chi connectivity index (χ2n) is 9.68. The normalized spacial score (nSPS) is 11.7. The summed E-state index contributed by atoms with van der Waals surface area (Å²) >= 11 is 0. The van der Waals surface area contributed by atoms with E-state index in [-0.39, 0.29) is 0 Å². The molecule has 179 valence electrons. The maximum Gasteiger partial charge on any atom is -0.0351 e. The molecule has 0 aliphatic heterocycles. The van der Waals surface area contributed by atoms with Gasteiger partial charge in [-0.25, -0.2) is 0 Å². The van der Waals surface area contributed by atoms with Gasteiger partial charge in [-0.05, 0) is 25.7 Å². The van der Waals surface area contributed by atoms with Gasteiger partial charge in [0.05, 0.1) is 0 Å². The number of allylic oxidation sites excluding steroid dienone is 2. The van der Waals surface area contributed by atoms with E-state index in [2.05, 4.69) is 26.0 Å². The van der Waals surface area contributed by atoms with Gasteiger partial charge in [0.25, 0.3) is 0 Å². The van der Waals surface area contributed by atoms with E-state index in [4.69, 9.17) is 0 Å². The third kappa shape index (κ3) is 27.7. The van der Waals surface area contributed by atoms with Crippen molar-refractivity contribution in [1.29, 1.82) is 0 Å². The van der Waals surface area contributed by atoms with Crippen LogP contribution < -0.4 is 0 Å². The molecule has 0 N–H and O–H groups in total. The molecule has 0 fully saturated rings. The van der Waals surface area contributed by atoms with Crippen LogP contribution >= 0.6 is 0 Å². The fraction of sp³-hybridized carbons (Fsp3) is 0.900. The zero-order valence-electron chi connectivity index (χ0n) is 21.2. The molecule has 0 saturated carbocycles. The van der Waals surface area contributed by atoms with E-state index in [0.717, 1.165) is 12.8 Å². The van der Waals surface area contributed by atoms with Crippen LogP contribution in [0.25, 0.3) is 0 Å². The van der Waals surface area contributed by atoms with E-state index in [0.29, 0.717) is 0 Å². The minimum Gasteiger partial charge on any atom is -0.0885 e. The molecule has 0 atom stereocenters.